The second-order valence-electron chi connectivity index (χ2n) is 3.56. The lowest BCUT2D eigenvalue weighted by molar-refractivity contribution is 0.0600. The summed E-state index contributed by atoms with van der Waals surface area (Å²) >= 11 is 0. The summed E-state index contributed by atoms with van der Waals surface area (Å²) in [6, 6.07) is 3.55. The minimum Gasteiger partial charge on any atom is -0.465 e. The molecule has 1 rings (SSSR count). The van der Waals surface area contributed by atoms with Gasteiger partial charge in [-0.1, -0.05) is 12.2 Å². The zero-order valence-corrected chi connectivity index (χ0v) is 10.3. The highest BCUT2D eigenvalue weighted by Crippen LogP contribution is 2.01. The highest BCUT2D eigenvalue weighted by molar-refractivity contribution is 5.88. The Kier molecular flexibility index (Phi) is 5.96. The maximum atomic E-state index is 11.2. The number of hydrogen-bond donors (Lipinski definition) is 1. The van der Waals surface area contributed by atoms with Crippen LogP contribution < -0.4 is 5.32 Å². The number of nitrogens with one attached hydrogen (secondary N) is 1. The van der Waals surface area contributed by atoms with Crippen molar-refractivity contribution < 1.29 is 9.53 Å². The van der Waals surface area contributed by atoms with Crippen LogP contribution in [0.1, 0.15) is 29.4 Å². The van der Waals surface area contributed by atoms with E-state index < -0.39 is 0 Å². The Morgan fingerprint density at radius 1 is 1.53 bits per heavy atom. The van der Waals surface area contributed by atoms with E-state index in [9.17, 15) is 4.79 Å². The molecule has 1 heterocycles. The first-order chi connectivity index (χ1) is 8.27. The fraction of sp³-hybridized carbons (Fsp3) is 0.385. The molecule has 0 aromatic carbocycles. The summed E-state index contributed by atoms with van der Waals surface area (Å²) in [6.07, 6.45) is 6.69. The van der Waals surface area contributed by atoms with E-state index in [1.165, 1.54) is 13.3 Å². The van der Waals surface area contributed by atoms with Crippen LogP contribution in [0.2, 0.25) is 0 Å². The van der Waals surface area contributed by atoms with Crippen molar-refractivity contribution in [3.8, 4) is 0 Å². The molecule has 0 amide bonds. The third-order valence-corrected chi connectivity index (χ3v) is 2.28. The first kappa shape index (κ1) is 13.4. The van der Waals surface area contributed by atoms with Crippen molar-refractivity contribution in [2.75, 3.05) is 13.7 Å². The highest BCUT2D eigenvalue weighted by Gasteiger charge is 2.04. The lowest BCUT2D eigenvalue weighted by atomic mass is 10.2. The van der Waals surface area contributed by atoms with Gasteiger partial charge in [0.15, 0.2) is 0 Å². The van der Waals surface area contributed by atoms with Crippen molar-refractivity contribution in [1.82, 2.24) is 10.3 Å². The first-order valence-corrected chi connectivity index (χ1v) is 5.63. The number of carbonyl (C=O) groups excluding carboxylic acids is 1. The maximum absolute atomic E-state index is 11.2. The molecule has 0 saturated carbocycles. The van der Waals surface area contributed by atoms with Crippen LogP contribution in [0.3, 0.4) is 0 Å². The molecule has 0 fully saturated rings. The molecule has 92 valence electrons. The number of pyridine rings is 1. The average molecular weight is 234 g/mol. The fourth-order valence-corrected chi connectivity index (χ4v) is 1.34. The molecule has 4 nitrogen and oxygen atoms in total. The van der Waals surface area contributed by atoms with E-state index >= 15 is 0 Å². The molecule has 0 aliphatic heterocycles. The van der Waals surface area contributed by atoms with E-state index in [-0.39, 0.29) is 5.97 Å². The summed E-state index contributed by atoms with van der Waals surface area (Å²) in [6.45, 7) is 3.64. The molecule has 0 atom stereocenters. The number of esters is 1. The number of rotatable bonds is 6. The second-order valence-corrected chi connectivity index (χ2v) is 3.56. The van der Waals surface area contributed by atoms with Gasteiger partial charge in [-0.05, 0) is 32.0 Å². The van der Waals surface area contributed by atoms with Gasteiger partial charge in [0.1, 0.15) is 0 Å². The SMILES string of the molecule is C/C=C/CCNCc1ccc(C(=O)OC)cn1. The predicted octanol–water partition coefficient (Wildman–Crippen LogP) is 1.92. The van der Waals surface area contributed by atoms with E-state index in [2.05, 4.69) is 21.1 Å². The number of carbonyl (C=O) groups is 1. The minimum atomic E-state index is -0.356. The van der Waals surface area contributed by atoms with Gasteiger partial charge in [0.2, 0.25) is 0 Å². The molecule has 0 aliphatic carbocycles. The molecule has 0 aliphatic rings. The second kappa shape index (κ2) is 7.57. The summed E-state index contributed by atoms with van der Waals surface area (Å²) in [4.78, 5) is 15.4. The van der Waals surface area contributed by atoms with Crippen LogP contribution in [-0.4, -0.2) is 24.6 Å². The van der Waals surface area contributed by atoms with Crippen molar-refractivity contribution >= 4 is 5.97 Å². The Balaban J connectivity index is 2.38. The lowest BCUT2D eigenvalue weighted by Gasteiger charge is -2.03. The smallest absolute Gasteiger partial charge is 0.339 e. The van der Waals surface area contributed by atoms with Crippen LogP contribution in [0.4, 0.5) is 0 Å². The van der Waals surface area contributed by atoms with Gasteiger partial charge >= 0.3 is 5.97 Å². The van der Waals surface area contributed by atoms with Crippen LogP contribution in [0.25, 0.3) is 0 Å². The summed E-state index contributed by atoms with van der Waals surface area (Å²) in [7, 11) is 1.36. The van der Waals surface area contributed by atoms with Crippen LogP contribution in [-0.2, 0) is 11.3 Å². The molecule has 17 heavy (non-hydrogen) atoms. The predicted molar refractivity (Wildman–Crippen MR) is 66.7 cm³/mol. The molecular weight excluding hydrogens is 216 g/mol. The van der Waals surface area contributed by atoms with E-state index in [1.54, 1.807) is 6.07 Å². The first-order valence-electron chi connectivity index (χ1n) is 5.63. The van der Waals surface area contributed by atoms with Gasteiger partial charge in [0, 0.05) is 12.7 Å². The molecule has 0 saturated heterocycles. The van der Waals surface area contributed by atoms with E-state index in [0.717, 1.165) is 18.7 Å². The third kappa shape index (κ3) is 4.78. The zero-order chi connectivity index (χ0) is 12.5. The summed E-state index contributed by atoms with van der Waals surface area (Å²) in [5, 5.41) is 3.27. The van der Waals surface area contributed by atoms with Gasteiger partial charge < -0.3 is 10.1 Å². The normalized spacial score (nSPS) is 10.7. The minimum absolute atomic E-state index is 0.356. The van der Waals surface area contributed by atoms with Crippen molar-refractivity contribution in [2.45, 2.75) is 19.9 Å². The van der Waals surface area contributed by atoms with Gasteiger partial charge in [-0.15, -0.1) is 0 Å². The molecule has 0 bridgehead atoms. The average Bonchev–Trinajstić information content (AvgIpc) is 2.38. The number of methoxy groups -OCH3 is 1. The standard InChI is InChI=1S/C13H18N2O2/c1-3-4-5-8-14-10-12-7-6-11(9-15-12)13(16)17-2/h3-4,6-7,9,14H,5,8,10H2,1-2H3/b4-3+. The Labute approximate surface area is 102 Å². The lowest BCUT2D eigenvalue weighted by Crippen LogP contribution is -2.15. The summed E-state index contributed by atoms with van der Waals surface area (Å²) < 4.78 is 4.60. The van der Waals surface area contributed by atoms with Crippen molar-refractivity contribution in [3.05, 3.63) is 41.7 Å². The highest BCUT2D eigenvalue weighted by atomic mass is 16.5. The van der Waals surface area contributed by atoms with Crippen LogP contribution in [0.5, 0.6) is 0 Å². The quantitative estimate of drug-likeness (QED) is 0.464. The van der Waals surface area contributed by atoms with Crippen LogP contribution in [0.15, 0.2) is 30.5 Å². The molecule has 0 radical (unpaired) electrons. The Morgan fingerprint density at radius 2 is 2.35 bits per heavy atom. The van der Waals surface area contributed by atoms with Crippen molar-refractivity contribution in [1.29, 1.82) is 0 Å². The fourth-order valence-electron chi connectivity index (χ4n) is 1.34. The van der Waals surface area contributed by atoms with E-state index in [4.69, 9.17) is 0 Å². The summed E-state index contributed by atoms with van der Waals surface area (Å²) in [5.41, 5.74) is 1.39. The van der Waals surface area contributed by atoms with Gasteiger partial charge in [0.05, 0.1) is 18.4 Å². The molecule has 0 spiro atoms. The molecule has 1 aromatic heterocycles. The van der Waals surface area contributed by atoms with Gasteiger partial charge in [0.25, 0.3) is 0 Å². The molecule has 1 N–H and O–H groups in total. The van der Waals surface area contributed by atoms with Gasteiger partial charge in [-0.2, -0.15) is 0 Å². The van der Waals surface area contributed by atoms with Crippen LogP contribution in [0, 0.1) is 0 Å². The number of ether oxygens (including phenoxy) is 1. The van der Waals surface area contributed by atoms with E-state index in [0.29, 0.717) is 12.1 Å². The third-order valence-electron chi connectivity index (χ3n) is 2.28. The van der Waals surface area contributed by atoms with Gasteiger partial charge in [-0.3, -0.25) is 4.98 Å². The number of allylic oxidation sites excluding steroid dienone is 1. The van der Waals surface area contributed by atoms with Crippen LogP contribution >= 0.6 is 0 Å². The molecule has 4 heteroatoms. The molecule has 0 unspecified atom stereocenters. The van der Waals surface area contributed by atoms with Crippen molar-refractivity contribution in [2.24, 2.45) is 0 Å². The monoisotopic (exact) mass is 234 g/mol. The Bertz CT molecular complexity index is 372. The molecular formula is C13H18N2O2. The number of hydrogen-bond acceptors (Lipinski definition) is 4. The topological polar surface area (TPSA) is 51.2 Å². The summed E-state index contributed by atoms with van der Waals surface area (Å²) in [5.74, 6) is -0.356. The maximum Gasteiger partial charge on any atom is 0.339 e. The Morgan fingerprint density at radius 3 is 2.94 bits per heavy atom. The zero-order valence-electron chi connectivity index (χ0n) is 10.3. The van der Waals surface area contributed by atoms with Crippen molar-refractivity contribution in [3.63, 3.8) is 0 Å². The Hall–Kier alpha value is -1.68. The van der Waals surface area contributed by atoms with E-state index in [1.807, 2.05) is 19.1 Å². The number of nitrogens with zero attached hydrogens (tertiary/aromatic N) is 1. The van der Waals surface area contributed by atoms with Gasteiger partial charge in [-0.25, -0.2) is 4.79 Å². The largest absolute Gasteiger partial charge is 0.465 e. The number of aromatic nitrogens is 1. The molecule has 1 aromatic rings.